The summed E-state index contributed by atoms with van der Waals surface area (Å²) >= 11 is 0. The molecule has 0 radical (unpaired) electrons. The van der Waals surface area contributed by atoms with E-state index in [9.17, 15) is 14.4 Å². The van der Waals surface area contributed by atoms with E-state index in [2.05, 4.69) is 10.4 Å². The van der Waals surface area contributed by atoms with Gasteiger partial charge in [-0.25, -0.2) is 14.3 Å². The lowest BCUT2D eigenvalue weighted by molar-refractivity contribution is -0.142. The Morgan fingerprint density at radius 2 is 2.19 bits per heavy atom. The molecule has 0 aliphatic heterocycles. The Morgan fingerprint density at radius 3 is 2.81 bits per heavy atom. The van der Waals surface area contributed by atoms with Crippen molar-refractivity contribution in [3.63, 3.8) is 0 Å². The van der Waals surface area contributed by atoms with Crippen molar-refractivity contribution in [1.29, 1.82) is 0 Å². The third-order valence-electron chi connectivity index (χ3n) is 2.99. The highest BCUT2D eigenvalue weighted by Gasteiger charge is 2.19. The Labute approximate surface area is 120 Å². The molecule has 1 amide bonds. The number of rotatable bonds is 6. The molecule has 0 fully saturated rings. The van der Waals surface area contributed by atoms with E-state index in [0.29, 0.717) is 18.5 Å². The first-order valence-electron chi connectivity index (χ1n) is 6.59. The van der Waals surface area contributed by atoms with Gasteiger partial charge in [-0.05, 0) is 18.6 Å². The Morgan fingerprint density at radius 1 is 1.43 bits per heavy atom. The van der Waals surface area contributed by atoms with Gasteiger partial charge in [-0.1, -0.05) is 19.4 Å². The predicted molar refractivity (Wildman–Crippen MR) is 73.9 cm³/mol. The van der Waals surface area contributed by atoms with Gasteiger partial charge in [0.15, 0.2) is 5.65 Å². The van der Waals surface area contributed by atoms with Crippen molar-refractivity contribution in [3.8, 4) is 0 Å². The van der Waals surface area contributed by atoms with Crippen LogP contribution in [0.5, 0.6) is 0 Å². The number of amides is 1. The van der Waals surface area contributed by atoms with Crippen molar-refractivity contribution < 1.29 is 14.7 Å². The highest BCUT2D eigenvalue weighted by atomic mass is 16.4. The third-order valence-corrected chi connectivity index (χ3v) is 2.99. The van der Waals surface area contributed by atoms with Gasteiger partial charge >= 0.3 is 11.7 Å². The number of hydrogen-bond donors (Lipinski definition) is 2. The van der Waals surface area contributed by atoms with E-state index >= 15 is 0 Å². The first-order chi connectivity index (χ1) is 10.0. The minimum atomic E-state index is -1.09. The zero-order valence-corrected chi connectivity index (χ0v) is 11.5. The number of carboxylic acids is 1. The number of carboxylic acid groups (broad SMARTS) is 1. The summed E-state index contributed by atoms with van der Waals surface area (Å²) < 4.78 is 2.32. The fourth-order valence-corrected chi connectivity index (χ4v) is 1.99. The first-order valence-corrected chi connectivity index (χ1v) is 6.59. The number of fused-ring (bicyclic) bond motifs is 1. The van der Waals surface area contributed by atoms with Crippen LogP contribution < -0.4 is 11.0 Å². The molecule has 2 N–H and O–H groups in total. The van der Waals surface area contributed by atoms with Crippen LogP contribution in [0.25, 0.3) is 5.65 Å². The number of pyridine rings is 1. The van der Waals surface area contributed by atoms with Gasteiger partial charge in [-0.15, -0.1) is 5.10 Å². The van der Waals surface area contributed by atoms with Crippen molar-refractivity contribution in [2.75, 3.05) is 0 Å². The van der Waals surface area contributed by atoms with Gasteiger partial charge in [-0.3, -0.25) is 9.20 Å². The lowest BCUT2D eigenvalue weighted by Crippen LogP contribution is -2.43. The minimum Gasteiger partial charge on any atom is -0.480 e. The van der Waals surface area contributed by atoms with Gasteiger partial charge in [0.2, 0.25) is 5.91 Å². The van der Waals surface area contributed by atoms with Crippen molar-refractivity contribution in [1.82, 2.24) is 19.5 Å². The van der Waals surface area contributed by atoms with Crippen LogP contribution >= 0.6 is 0 Å². The van der Waals surface area contributed by atoms with E-state index in [1.165, 1.54) is 4.40 Å². The van der Waals surface area contributed by atoms with Crippen molar-refractivity contribution in [3.05, 3.63) is 34.9 Å². The SMILES string of the molecule is CCC[C@@H](NC(=O)Cn1nc2ccccn2c1=O)C(=O)O. The largest absolute Gasteiger partial charge is 0.480 e. The lowest BCUT2D eigenvalue weighted by Gasteiger charge is -2.12. The number of hydrogen-bond acceptors (Lipinski definition) is 4. The summed E-state index contributed by atoms with van der Waals surface area (Å²) in [4.78, 5) is 34.8. The fraction of sp³-hybridized carbons (Fsp3) is 0.385. The van der Waals surface area contributed by atoms with Crippen LogP contribution in [0.2, 0.25) is 0 Å². The maximum atomic E-state index is 12.0. The Hall–Kier alpha value is -2.64. The average Bonchev–Trinajstić information content (AvgIpc) is 2.75. The summed E-state index contributed by atoms with van der Waals surface area (Å²) in [5.74, 6) is -1.64. The Kier molecular flexibility index (Phi) is 4.36. The topological polar surface area (TPSA) is 106 Å². The second kappa shape index (κ2) is 6.21. The van der Waals surface area contributed by atoms with Crippen LogP contribution in [0.3, 0.4) is 0 Å². The molecule has 0 saturated carbocycles. The molecule has 2 heterocycles. The van der Waals surface area contributed by atoms with Crippen LogP contribution in [0.1, 0.15) is 19.8 Å². The summed E-state index contributed by atoms with van der Waals surface area (Å²) in [5.41, 5.74) is -0.0123. The normalized spacial score (nSPS) is 12.2. The van der Waals surface area contributed by atoms with E-state index in [-0.39, 0.29) is 6.54 Å². The average molecular weight is 292 g/mol. The highest BCUT2D eigenvalue weighted by molar-refractivity contribution is 5.83. The molecular weight excluding hydrogens is 276 g/mol. The molecule has 0 saturated heterocycles. The predicted octanol–water partition coefficient (Wildman–Crippen LogP) is -0.135. The summed E-state index contributed by atoms with van der Waals surface area (Å²) in [5, 5.41) is 15.4. The number of nitrogens with zero attached hydrogens (tertiary/aromatic N) is 3. The van der Waals surface area contributed by atoms with Gasteiger partial charge in [0.05, 0.1) is 0 Å². The van der Waals surface area contributed by atoms with Crippen molar-refractivity contribution in [2.24, 2.45) is 0 Å². The van der Waals surface area contributed by atoms with Crippen LogP contribution in [-0.2, 0) is 16.1 Å². The quantitative estimate of drug-likeness (QED) is 0.771. The second-order valence-corrected chi connectivity index (χ2v) is 4.62. The highest BCUT2D eigenvalue weighted by Crippen LogP contribution is 1.98. The number of carbonyl (C=O) groups excluding carboxylic acids is 1. The number of carbonyl (C=O) groups is 2. The molecule has 8 nitrogen and oxygen atoms in total. The molecule has 0 aromatic carbocycles. The van der Waals surface area contributed by atoms with Gasteiger partial charge in [0.25, 0.3) is 0 Å². The zero-order chi connectivity index (χ0) is 15.4. The second-order valence-electron chi connectivity index (χ2n) is 4.62. The minimum absolute atomic E-state index is 0.312. The molecule has 8 heteroatoms. The Balaban J connectivity index is 2.12. The molecule has 21 heavy (non-hydrogen) atoms. The maximum Gasteiger partial charge on any atom is 0.350 e. The van der Waals surface area contributed by atoms with E-state index in [0.717, 1.165) is 4.68 Å². The fourth-order valence-electron chi connectivity index (χ4n) is 1.99. The Bertz CT molecular complexity index is 718. The molecule has 0 spiro atoms. The molecular formula is C13H16N4O4. The maximum absolute atomic E-state index is 12.0. The standard InChI is InChI=1S/C13H16N4O4/c1-2-5-9(12(19)20)14-11(18)8-17-13(21)16-7-4-3-6-10(16)15-17/h3-4,6-7,9H,2,5,8H2,1H3,(H,14,18)(H,19,20)/t9-/m1/s1. The smallest absolute Gasteiger partial charge is 0.350 e. The van der Waals surface area contributed by atoms with Crippen LogP contribution in [0.15, 0.2) is 29.2 Å². The van der Waals surface area contributed by atoms with Crippen LogP contribution in [-0.4, -0.2) is 37.2 Å². The molecule has 1 atom stereocenters. The van der Waals surface area contributed by atoms with Crippen molar-refractivity contribution >= 4 is 17.5 Å². The van der Waals surface area contributed by atoms with E-state index < -0.39 is 23.6 Å². The lowest BCUT2D eigenvalue weighted by atomic mass is 10.1. The molecule has 0 bridgehead atoms. The van der Waals surface area contributed by atoms with Gasteiger partial charge in [-0.2, -0.15) is 0 Å². The molecule has 0 aliphatic rings. The summed E-state index contributed by atoms with van der Waals surface area (Å²) in [6.07, 6.45) is 2.52. The number of nitrogens with one attached hydrogen (secondary N) is 1. The number of aliphatic carboxylic acids is 1. The van der Waals surface area contributed by atoms with Gasteiger partial charge < -0.3 is 10.4 Å². The molecule has 112 valence electrons. The molecule has 0 unspecified atom stereocenters. The summed E-state index contributed by atoms with van der Waals surface area (Å²) in [7, 11) is 0. The van der Waals surface area contributed by atoms with Gasteiger partial charge in [0, 0.05) is 6.20 Å². The molecule has 0 aliphatic carbocycles. The van der Waals surface area contributed by atoms with E-state index in [1.807, 2.05) is 6.92 Å². The van der Waals surface area contributed by atoms with E-state index in [4.69, 9.17) is 5.11 Å². The van der Waals surface area contributed by atoms with Crippen LogP contribution in [0.4, 0.5) is 0 Å². The van der Waals surface area contributed by atoms with Gasteiger partial charge in [0.1, 0.15) is 12.6 Å². The number of aromatic nitrogens is 3. The third kappa shape index (κ3) is 3.28. The summed E-state index contributed by atoms with van der Waals surface area (Å²) in [6.45, 7) is 1.52. The van der Waals surface area contributed by atoms with Crippen LogP contribution in [0, 0.1) is 0 Å². The zero-order valence-electron chi connectivity index (χ0n) is 11.5. The molecule has 2 rings (SSSR count). The monoisotopic (exact) mass is 292 g/mol. The first kappa shape index (κ1) is 14.8. The molecule has 2 aromatic rings. The van der Waals surface area contributed by atoms with E-state index in [1.54, 1.807) is 24.4 Å². The molecule has 2 aromatic heterocycles. The van der Waals surface area contributed by atoms with Crippen molar-refractivity contribution in [2.45, 2.75) is 32.4 Å². The summed E-state index contributed by atoms with van der Waals surface area (Å²) in [6, 6.07) is 4.11.